The van der Waals surface area contributed by atoms with Gasteiger partial charge in [-0.15, -0.1) is 0 Å². The first kappa shape index (κ1) is 18.2. The molecule has 0 bridgehead atoms. The minimum absolute atomic E-state index is 0.131. The third-order valence-electron chi connectivity index (χ3n) is 4.10. The number of hydrogen-bond donors (Lipinski definition) is 1. The lowest BCUT2D eigenvalue weighted by molar-refractivity contribution is -0.255. The first-order valence-corrected chi connectivity index (χ1v) is 8.13. The van der Waals surface area contributed by atoms with Crippen molar-refractivity contribution in [3.05, 3.63) is 76.0 Å². The predicted octanol–water partition coefficient (Wildman–Crippen LogP) is 0.777. The van der Waals surface area contributed by atoms with Gasteiger partial charge in [0.15, 0.2) is 0 Å². The van der Waals surface area contributed by atoms with Crippen LogP contribution in [-0.4, -0.2) is 21.7 Å². The fraction of sp³-hybridized carbons (Fsp3) is 0.158. The van der Waals surface area contributed by atoms with E-state index >= 15 is 0 Å². The second kappa shape index (κ2) is 7.36. The van der Waals surface area contributed by atoms with Crippen LogP contribution in [0, 0.1) is 5.82 Å². The fourth-order valence-corrected chi connectivity index (χ4v) is 2.75. The molecule has 0 aliphatic rings. The summed E-state index contributed by atoms with van der Waals surface area (Å²) in [5, 5.41) is 18.0. The van der Waals surface area contributed by atoms with Crippen LogP contribution in [0.3, 0.4) is 0 Å². The molecule has 1 N–H and O–H groups in total. The van der Waals surface area contributed by atoms with Crippen LogP contribution in [0.25, 0.3) is 10.8 Å². The number of fused-ring (bicyclic) bond motifs is 1. The Kier molecular flexibility index (Phi) is 4.98. The molecular formula is C19H15FN3O4-. The molecule has 0 unspecified atom stereocenters. The van der Waals surface area contributed by atoms with Gasteiger partial charge in [-0.1, -0.05) is 30.3 Å². The number of nitrogens with one attached hydrogen (secondary N) is 1. The lowest BCUT2D eigenvalue weighted by Gasteiger charge is -2.15. The molecule has 3 aromatic rings. The lowest BCUT2D eigenvalue weighted by atomic mass is 10.1. The Hall–Kier alpha value is -3.55. The average Bonchev–Trinajstić information content (AvgIpc) is 2.64. The zero-order chi connectivity index (χ0) is 19.6. The van der Waals surface area contributed by atoms with E-state index in [4.69, 9.17) is 0 Å². The molecule has 1 aromatic heterocycles. The second-order valence-corrected chi connectivity index (χ2v) is 5.99. The van der Waals surface area contributed by atoms with E-state index < -0.39 is 35.7 Å². The quantitative estimate of drug-likeness (QED) is 0.717. The lowest BCUT2D eigenvalue weighted by Crippen LogP contribution is -2.37. The predicted molar refractivity (Wildman–Crippen MR) is 93.3 cm³/mol. The standard InChI is InChI=1S/C19H16FN3O4/c1-11(12-6-8-13(20)9-7-12)21-16(24)10-23-18(25)15-5-3-2-4-14(15)17(22-23)19(26)27/h2-9,11H,10H2,1H3,(H,21,24)(H,26,27)/p-1/t11-/m1/s1. The number of hydrogen-bond acceptors (Lipinski definition) is 5. The van der Waals surface area contributed by atoms with Gasteiger partial charge in [0.2, 0.25) is 5.91 Å². The van der Waals surface area contributed by atoms with Crippen molar-refractivity contribution in [3.8, 4) is 0 Å². The van der Waals surface area contributed by atoms with Crippen molar-refractivity contribution in [2.45, 2.75) is 19.5 Å². The SMILES string of the molecule is C[C@@H](NC(=O)Cn1nc(C(=O)[O-])c2ccccc2c1=O)c1ccc(F)cc1. The van der Waals surface area contributed by atoms with Crippen LogP contribution >= 0.6 is 0 Å². The summed E-state index contributed by atoms with van der Waals surface area (Å²) in [5.41, 5.74) is -0.316. The molecule has 1 heterocycles. The number of carbonyl (C=O) groups is 2. The van der Waals surface area contributed by atoms with Crippen LogP contribution in [0.4, 0.5) is 4.39 Å². The van der Waals surface area contributed by atoms with Gasteiger partial charge in [-0.3, -0.25) is 9.59 Å². The first-order valence-electron chi connectivity index (χ1n) is 8.13. The summed E-state index contributed by atoms with van der Waals surface area (Å²) < 4.78 is 13.8. The zero-order valence-electron chi connectivity index (χ0n) is 14.3. The summed E-state index contributed by atoms with van der Waals surface area (Å²) in [6.07, 6.45) is 0. The largest absolute Gasteiger partial charge is 0.543 e. The van der Waals surface area contributed by atoms with Crippen molar-refractivity contribution in [2.24, 2.45) is 0 Å². The van der Waals surface area contributed by atoms with Gasteiger partial charge in [-0.2, -0.15) is 5.10 Å². The molecule has 7 nitrogen and oxygen atoms in total. The molecule has 2 aromatic carbocycles. The van der Waals surface area contributed by atoms with Gasteiger partial charge in [0.05, 0.1) is 17.4 Å². The summed E-state index contributed by atoms with van der Waals surface area (Å²) in [5.74, 6) is -2.47. The summed E-state index contributed by atoms with van der Waals surface area (Å²) in [6, 6.07) is 11.3. The van der Waals surface area contributed by atoms with Gasteiger partial charge >= 0.3 is 0 Å². The topological polar surface area (TPSA) is 104 Å². The van der Waals surface area contributed by atoms with Crippen LogP contribution in [0.1, 0.15) is 29.0 Å². The summed E-state index contributed by atoms with van der Waals surface area (Å²) >= 11 is 0. The van der Waals surface area contributed by atoms with E-state index in [9.17, 15) is 23.9 Å². The molecule has 0 saturated heterocycles. The van der Waals surface area contributed by atoms with E-state index in [0.717, 1.165) is 4.68 Å². The highest BCUT2D eigenvalue weighted by molar-refractivity contribution is 6.00. The Morgan fingerprint density at radius 1 is 1.15 bits per heavy atom. The van der Waals surface area contributed by atoms with Gasteiger partial charge in [-0.05, 0) is 30.7 Å². The Morgan fingerprint density at radius 2 is 1.78 bits per heavy atom. The molecule has 0 fully saturated rings. The van der Waals surface area contributed by atoms with E-state index in [-0.39, 0.29) is 16.6 Å². The molecular weight excluding hydrogens is 353 g/mol. The number of amides is 1. The normalized spacial score (nSPS) is 11.9. The maximum absolute atomic E-state index is 13.0. The van der Waals surface area contributed by atoms with Crippen molar-refractivity contribution in [1.82, 2.24) is 15.1 Å². The molecule has 1 atom stereocenters. The zero-order valence-corrected chi connectivity index (χ0v) is 14.3. The third kappa shape index (κ3) is 3.84. The number of halogens is 1. The highest BCUT2D eigenvalue weighted by Crippen LogP contribution is 2.14. The highest BCUT2D eigenvalue weighted by Gasteiger charge is 2.15. The van der Waals surface area contributed by atoms with Crippen molar-refractivity contribution in [3.63, 3.8) is 0 Å². The molecule has 0 aliphatic heterocycles. The van der Waals surface area contributed by atoms with Crippen LogP contribution in [-0.2, 0) is 11.3 Å². The second-order valence-electron chi connectivity index (χ2n) is 5.99. The first-order chi connectivity index (χ1) is 12.9. The summed E-state index contributed by atoms with van der Waals surface area (Å²) in [7, 11) is 0. The number of carboxylic acids is 1. The highest BCUT2D eigenvalue weighted by atomic mass is 19.1. The Balaban J connectivity index is 1.86. The van der Waals surface area contributed by atoms with Crippen molar-refractivity contribution in [2.75, 3.05) is 0 Å². The maximum Gasteiger partial charge on any atom is 0.275 e. The molecule has 0 aliphatic carbocycles. The molecule has 27 heavy (non-hydrogen) atoms. The number of aromatic nitrogens is 2. The van der Waals surface area contributed by atoms with E-state index in [0.29, 0.717) is 5.56 Å². The average molecular weight is 368 g/mol. The Morgan fingerprint density at radius 3 is 2.41 bits per heavy atom. The van der Waals surface area contributed by atoms with E-state index in [1.54, 1.807) is 19.1 Å². The number of benzene rings is 2. The Bertz CT molecular complexity index is 1080. The number of carbonyl (C=O) groups excluding carboxylic acids is 2. The Labute approximate surface area is 153 Å². The van der Waals surface area contributed by atoms with E-state index in [2.05, 4.69) is 10.4 Å². The van der Waals surface area contributed by atoms with Crippen molar-refractivity contribution in [1.29, 1.82) is 0 Å². The maximum atomic E-state index is 13.0. The van der Waals surface area contributed by atoms with E-state index in [1.165, 1.54) is 36.4 Å². The fourth-order valence-electron chi connectivity index (χ4n) is 2.75. The number of nitrogens with zero attached hydrogens (tertiary/aromatic N) is 2. The number of rotatable bonds is 5. The van der Waals surface area contributed by atoms with Crippen LogP contribution in [0.5, 0.6) is 0 Å². The molecule has 1 amide bonds. The molecule has 0 spiro atoms. The molecule has 0 saturated carbocycles. The number of carboxylic acid groups (broad SMARTS) is 1. The molecule has 8 heteroatoms. The van der Waals surface area contributed by atoms with E-state index in [1.807, 2.05) is 0 Å². The van der Waals surface area contributed by atoms with Gasteiger partial charge in [0, 0.05) is 5.39 Å². The minimum atomic E-state index is -1.54. The van der Waals surface area contributed by atoms with Crippen molar-refractivity contribution < 1.29 is 19.1 Å². The monoisotopic (exact) mass is 368 g/mol. The smallest absolute Gasteiger partial charge is 0.275 e. The third-order valence-corrected chi connectivity index (χ3v) is 4.10. The molecule has 3 rings (SSSR count). The summed E-state index contributed by atoms with van der Waals surface area (Å²) in [6.45, 7) is 1.24. The molecule has 0 radical (unpaired) electrons. The van der Waals surface area contributed by atoms with Gasteiger partial charge < -0.3 is 15.2 Å². The molecule has 138 valence electrons. The number of aromatic carboxylic acids is 1. The van der Waals surface area contributed by atoms with Gasteiger partial charge in [0.1, 0.15) is 18.1 Å². The van der Waals surface area contributed by atoms with Crippen LogP contribution < -0.4 is 16.0 Å². The summed E-state index contributed by atoms with van der Waals surface area (Å²) in [4.78, 5) is 36.1. The van der Waals surface area contributed by atoms with Gasteiger partial charge in [0.25, 0.3) is 5.56 Å². The van der Waals surface area contributed by atoms with Crippen molar-refractivity contribution >= 4 is 22.6 Å². The van der Waals surface area contributed by atoms with Crippen LogP contribution in [0.15, 0.2) is 53.3 Å². The van der Waals surface area contributed by atoms with Gasteiger partial charge in [-0.25, -0.2) is 9.07 Å². The van der Waals surface area contributed by atoms with Crippen LogP contribution in [0.2, 0.25) is 0 Å². The minimum Gasteiger partial charge on any atom is -0.543 e.